The second-order valence-electron chi connectivity index (χ2n) is 6.03. The van der Waals surface area contributed by atoms with E-state index in [1.165, 1.54) is 12.8 Å². The van der Waals surface area contributed by atoms with Gasteiger partial charge in [0.2, 0.25) is 0 Å². The van der Waals surface area contributed by atoms with E-state index < -0.39 is 0 Å². The molecule has 0 aromatic heterocycles. The summed E-state index contributed by atoms with van der Waals surface area (Å²) in [6.07, 6.45) is 3.35. The van der Waals surface area contributed by atoms with Crippen molar-refractivity contribution >= 4 is 11.7 Å². The van der Waals surface area contributed by atoms with Gasteiger partial charge in [-0.25, -0.2) is 4.79 Å². The summed E-state index contributed by atoms with van der Waals surface area (Å²) in [5.41, 5.74) is 1.71. The third-order valence-electron chi connectivity index (χ3n) is 4.05. The van der Waals surface area contributed by atoms with Crippen molar-refractivity contribution < 1.29 is 9.53 Å². The molecule has 0 aliphatic heterocycles. The third kappa shape index (κ3) is 3.75. The predicted octanol–water partition coefficient (Wildman–Crippen LogP) is 4.10. The lowest BCUT2D eigenvalue weighted by atomic mass is 9.73. The Morgan fingerprint density at radius 1 is 1.30 bits per heavy atom. The van der Waals surface area contributed by atoms with Gasteiger partial charge in [-0.3, -0.25) is 0 Å². The summed E-state index contributed by atoms with van der Waals surface area (Å²) in [5, 5.41) is 3.52. The van der Waals surface area contributed by atoms with Crippen molar-refractivity contribution in [3.63, 3.8) is 0 Å². The van der Waals surface area contributed by atoms with Crippen molar-refractivity contribution in [3.05, 3.63) is 29.8 Å². The maximum atomic E-state index is 11.7. The summed E-state index contributed by atoms with van der Waals surface area (Å²) in [6, 6.07) is 8.18. The van der Waals surface area contributed by atoms with E-state index in [2.05, 4.69) is 19.2 Å². The van der Waals surface area contributed by atoms with Crippen LogP contribution in [0.1, 0.15) is 50.4 Å². The average molecular weight is 275 g/mol. The van der Waals surface area contributed by atoms with E-state index in [0.717, 1.165) is 23.9 Å². The van der Waals surface area contributed by atoms with E-state index in [1.807, 2.05) is 31.2 Å². The Labute approximate surface area is 121 Å². The summed E-state index contributed by atoms with van der Waals surface area (Å²) in [4.78, 5) is 11.7. The van der Waals surface area contributed by atoms with E-state index in [-0.39, 0.29) is 5.97 Å². The molecule has 1 aromatic carbocycles. The fraction of sp³-hybridized carbons (Fsp3) is 0.588. The van der Waals surface area contributed by atoms with Crippen LogP contribution in [0.5, 0.6) is 0 Å². The Kier molecular flexibility index (Phi) is 5.05. The molecule has 1 aliphatic carbocycles. The summed E-state index contributed by atoms with van der Waals surface area (Å²) >= 11 is 0. The summed E-state index contributed by atoms with van der Waals surface area (Å²) in [7, 11) is 0. The molecule has 3 nitrogen and oxygen atoms in total. The molecule has 20 heavy (non-hydrogen) atoms. The second kappa shape index (κ2) is 6.78. The Balaban J connectivity index is 1.82. The van der Waals surface area contributed by atoms with Crippen LogP contribution in [-0.4, -0.2) is 18.6 Å². The molecule has 0 spiro atoms. The minimum absolute atomic E-state index is 0.234. The predicted molar refractivity (Wildman–Crippen MR) is 82.0 cm³/mol. The number of esters is 1. The van der Waals surface area contributed by atoms with Crippen LogP contribution in [-0.2, 0) is 4.74 Å². The van der Waals surface area contributed by atoms with Crippen LogP contribution in [0.3, 0.4) is 0 Å². The number of hydrogen-bond donors (Lipinski definition) is 1. The van der Waals surface area contributed by atoms with Crippen molar-refractivity contribution in [1.29, 1.82) is 0 Å². The molecule has 110 valence electrons. The SMILES string of the molecule is CCCOC(=O)c1ccc(NC2CC(C(C)C)C2)cc1. The lowest BCUT2D eigenvalue weighted by molar-refractivity contribution is 0.0505. The summed E-state index contributed by atoms with van der Waals surface area (Å²) in [6.45, 7) is 7.05. The number of hydrogen-bond acceptors (Lipinski definition) is 3. The molecule has 0 heterocycles. The van der Waals surface area contributed by atoms with E-state index in [0.29, 0.717) is 18.2 Å². The first kappa shape index (κ1) is 14.9. The molecule has 0 atom stereocenters. The maximum absolute atomic E-state index is 11.7. The number of rotatable bonds is 6. The number of carbonyl (C=O) groups is 1. The zero-order valence-corrected chi connectivity index (χ0v) is 12.7. The van der Waals surface area contributed by atoms with Crippen LogP contribution >= 0.6 is 0 Å². The minimum atomic E-state index is -0.234. The molecule has 0 saturated heterocycles. The van der Waals surface area contributed by atoms with Gasteiger partial charge in [0, 0.05) is 11.7 Å². The quantitative estimate of drug-likeness (QED) is 0.794. The molecule has 0 bridgehead atoms. The number of benzene rings is 1. The number of carbonyl (C=O) groups excluding carboxylic acids is 1. The van der Waals surface area contributed by atoms with Gasteiger partial charge in [0.15, 0.2) is 0 Å². The largest absolute Gasteiger partial charge is 0.462 e. The van der Waals surface area contributed by atoms with Gasteiger partial charge < -0.3 is 10.1 Å². The van der Waals surface area contributed by atoms with Crippen LogP contribution < -0.4 is 5.32 Å². The first-order valence-corrected chi connectivity index (χ1v) is 7.64. The van der Waals surface area contributed by atoms with Crippen LogP contribution in [0.2, 0.25) is 0 Å². The first-order valence-electron chi connectivity index (χ1n) is 7.64. The molecule has 1 saturated carbocycles. The highest BCUT2D eigenvalue weighted by Crippen LogP contribution is 2.35. The van der Waals surface area contributed by atoms with Crippen LogP contribution in [0.4, 0.5) is 5.69 Å². The highest BCUT2D eigenvalue weighted by atomic mass is 16.5. The van der Waals surface area contributed by atoms with Crippen LogP contribution in [0.15, 0.2) is 24.3 Å². The number of nitrogens with one attached hydrogen (secondary N) is 1. The average Bonchev–Trinajstić information content (AvgIpc) is 2.40. The van der Waals surface area contributed by atoms with Gasteiger partial charge in [0.25, 0.3) is 0 Å². The maximum Gasteiger partial charge on any atom is 0.338 e. The molecular weight excluding hydrogens is 250 g/mol. The van der Waals surface area contributed by atoms with Gasteiger partial charge in [0.1, 0.15) is 0 Å². The van der Waals surface area contributed by atoms with E-state index in [4.69, 9.17) is 4.74 Å². The highest BCUT2D eigenvalue weighted by molar-refractivity contribution is 5.89. The van der Waals surface area contributed by atoms with Gasteiger partial charge in [-0.1, -0.05) is 20.8 Å². The molecule has 1 aliphatic rings. The molecule has 0 amide bonds. The number of anilines is 1. The zero-order valence-electron chi connectivity index (χ0n) is 12.7. The zero-order chi connectivity index (χ0) is 14.5. The van der Waals surface area contributed by atoms with E-state index in [9.17, 15) is 4.79 Å². The smallest absolute Gasteiger partial charge is 0.338 e. The molecule has 1 fully saturated rings. The molecule has 0 radical (unpaired) electrons. The minimum Gasteiger partial charge on any atom is -0.462 e. The highest BCUT2D eigenvalue weighted by Gasteiger charge is 2.30. The van der Waals surface area contributed by atoms with Gasteiger partial charge in [0.05, 0.1) is 12.2 Å². The van der Waals surface area contributed by atoms with Gasteiger partial charge in [-0.05, 0) is 55.4 Å². The Morgan fingerprint density at radius 2 is 1.95 bits per heavy atom. The standard InChI is InChI=1S/C17H25NO2/c1-4-9-20-17(19)13-5-7-15(8-6-13)18-16-10-14(11-16)12(2)3/h5-8,12,14,16,18H,4,9-11H2,1-3H3. The van der Waals surface area contributed by atoms with Crippen LogP contribution in [0.25, 0.3) is 0 Å². The lowest BCUT2D eigenvalue weighted by Crippen LogP contribution is -2.37. The van der Waals surface area contributed by atoms with Crippen molar-refractivity contribution in [2.24, 2.45) is 11.8 Å². The molecule has 3 heteroatoms. The fourth-order valence-corrected chi connectivity index (χ4v) is 2.54. The van der Waals surface area contributed by atoms with Crippen molar-refractivity contribution in [1.82, 2.24) is 0 Å². The monoisotopic (exact) mass is 275 g/mol. The van der Waals surface area contributed by atoms with E-state index >= 15 is 0 Å². The van der Waals surface area contributed by atoms with Gasteiger partial charge in [-0.2, -0.15) is 0 Å². The lowest BCUT2D eigenvalue weighted by Gasteiger charge is -2.39. The summed E-state index contributed by atoms with van der Waals surface area (Å²) in [5.74, 6) is 1.40. The summed E-state index contributed by atoms with van der Waals surface area (Å²) < 4.78 is 5.11. The first-order chi connectivity index (χ1) is 9.60. The fourth-order valence-electron chi connectivity index (χ4n) is 2.54. The second-order valence-corrected chi connectivity index (χ2v) is 6.03. The van der Waals surface area contributed by atoms with Gasteiger partial charge in [-0.15, -0.1) is 0 Å². The van der Waals surface area contributed by atoms with E-state index in [1.54, 1.807) is 0 Å². The van der Waals surface area contributed by atoms with Crippen LogP contribution in [0, 0.1) is 11.8 Å². The Morgan fingerprint density at radius 3 is 2.50 bits per heavy atom. The molecular formula is C17H25NO2. The van der Waals surface area contributed by atoms with Crippen molar-refractivity contribution in [2.75, 3.05) is 11.9 Å². The van der Waals surface area contributed by atoms with Crippen molar-refractivity contribution in [3.8, 4) is 0 Å². The van der Waals surface area contributed by atoms with Crippen molar-refractivity contribution in [2.45, 2.75) is 46.1 Å². The molecule has 0 unspecified atom stereocenters. The third-order valence-corrected chi connectivity index (χ3v) is 4.05. The Hall–Kier alpha value is -1.51. The number of ether oxygens (including phenoxy) is 1. The Bertz CT molecular complexity index is 433. The molecule has 2 rings (SSSR count). The molecule has 1 aromatic rings. The molecule has 1 N–H and O–H groups in total. The topological polar surface area (TPSA) is 38.3 Å². The van der Waals surface area contributed by atoms with Gasteiger partial charge >= 0.3 is 5.97 Å². The normalized spacial score (nSPS) is 21.4.